The molecule has 0 fully saturated rings. The van der Waals surface area contributed by atoms with E-state index in [1.165, 1.54) is 36.4 Å². The van der Waals surface area contributed by atoms with Gasteiger partial charge < -0.3 is 30.6 Å². The van der Waals surface area contributed by atoms with E-state index in [9.17, 15) is 19.2 Å². The molecule has 0 heterocycles. The van der Waals surface area contributed by atoms with Crippen LogP contribution in [0.25, 0.3) is 22.3 Å². The van der Waals surface area contributed by atoms with Crippen molar-refractivity contribution in [2.75, 3.05) is 0 Å². The number of benzene rings is 6. The summed E-state index contributed by atoms with van der Waals surface area (Å²) in [6, 6.07) is 44.1. The van der Waals surface area contributed by atoms with Crippen LogP contribution in [0.3, 0.4) is 0 Å². The van der Waals surface area contributed by atoms with Gasteiger partial charge in [0.05, 0.1) is 22.3 Å². The van der Waals surface area contributed by atoms with Gasteiger partial charge in [0.15, 0.2) is 0 Å². The summed E-state index contributed by atoms with van der Waals surface area (Å²) in [7, 11) is 0. The Morgan fingerprint density at radius 1 is 0.340 bits per heavy atom. The van der Waals surface area contributed by atoms with Crippen molar-refractivity contribution in [1.29, 1.82) is 0 Å². The van der Waals surface area contributed by atoms with Crippen LogP contribution in [0.4, 0.5) is 0 Å². The van der Waals surface area contributed by atoms with Gasteiger partial charge in [0.25, 0.3) is 0 Å². The van der Waals surface area contributed by atoms with Gasteiger partial charge in [-0.25, -0.2) is 19.2 Å². The summed E-state index contributed by atoms with van der Waals surface area (Å²) in [6.45, 7) is 0. The van der Waals surface area contributed by atoms with Gasteiger partial charge in [-0.3, -0.25) is 0 Å². The van der Waals surface area contributed by atoms with Crippen LogP contribution < -0.4 is 0 Å². The molecule has 0 saturated heterocycles. The summed E-state index contributed by atoms with van der Waals surface area (Å²) in [5.41, 5.74) is 3.31. The normalized spacial score (nSPS) is 9.60. The van der Waals surface area contributed by atoms with Crippen LogP contribution in [0, 0.1) is 0 Å². The van der Waals surface area contributed by atoms with Gasteiger partial charge >= 0.3 is 23.9 Å². The number of carboxylic acid groups (broad SMARTS) is 4. The second-order valence-corrected chi connectivity index (χ2v) is 10.1. The van der Waals surface area contributed by atoms with Crippen molar-refractivity contribution in [3.05, 3.63) is 180 Å². The molecule has 10 nitrogen and oxygen atoms in total. The number of phenols is 2. The number of para-hydroxylation sites is 1. The van der Waals surface area contributed by atoms with E-state index in [0.717, 1.165) is 16.7 Å². The summed E-state index contributed by atoms with van der Waals surface area (Å²) in [6.07, 6.45) is 0. The van der Waals surface area contributed by atoms with Crippen molar-refractivity contribution in [3.63, 3.8) is 0 Å². The Bertz CT molecular complexity index is 2010. The summed E-state index contributed by atoms with van der Waals surface area (Å²) in [4.78, 5) is 43.2. The average Bonchev–Trinajstić information content (AvgIpc) is 3.13. The molecule has 0 atom stereocenters. The van der Waals surface area contributed by atoms with E-state index in [1.807, 2.05) is 78.9 Å². The average molecular weight is 673 g/mol. The van der Waals surface area contributed by atoms with E-state index < -0.39 is 23.9 Å². The van der Waals surface area contributed by atoms with E-state index in [4.69, 9.17) is 30.6 Å². The van der Waals surface area contributed by atoms with E-state index in [-0.39, 0.29) is 22.4 Å². The van der Waals surface area contributed by atoms with Crippen LogP contribution >= 0.6 is 0 Å². The summed E-state index contributed by atoms with van der Waals surface area (Å²) < 4.78 is 0. The van der Waals surface area contributed by atoms with Crippen molar-refractivity contribution in [2.24, 2.45) is 0 Å². The fourth-order valence-corrected chi connectivity index (χ4v) is 4.29. The maximum absolute atomic E-state index is 11.0. The summed E-state index contributed by atoms with van der Waals surface area (Å²) in [5, 5.41) is 52.7. The molecule has 10 heteroatoms. The van der Waals surface area contributed by atoms with Crippen molar-refractivity contribution in [3.8, 4) is 33.8 Å². The maximum Gasteiger partial charge on any atom is 0.336 e. The number of hydrogen-bond donors (Lipinski definition) is 6. The number of hydrogen-bond acceptors (Lipinski definition) is 6. The molecule has 0 saturated carbocycles. The van der Waals surface area contributed by atoms with E-state index in [1.54, 1.807) is 42.5 Å². The molecule has 0 spiro atoms. The van der Waals surface area contributed by atoms with Crippen molar-refractivity contribution in [1.82, 2.24) is 0 Å². The van der Waals surface area contributed by atoms with Gasteiger partial charge in [-0.05, 0) is 76.9 Å². The lowest BCUT2D eigenvalue weighted by Crippen LogP contribution is -2.07. The van der Waals surface area contributed by atoms with Crippen LogP contribution in [0.15, 0.2) is 158 Å². The zero-order valence-corrected chi connectivity index (χ0v) is 26.3. The topological polar surface area (TPSA) is 190 Å². The van der Waals surface area contributed by atoms with Gasteiger partial charge in [0.2, 0.25) is 0 Å². The maximum atomic E-state index is 11.0. The number of rotatable bonds is 6. The molecule has 6 N–H and O–H groups in total. The first-order chi connectivity index (χ1) is 24.0. The second-order valence-electron chi connectivity index (χ2n) is 10.1. The van der Waals surface area contributed by atoms with Gasteiger partial charge in [0, 0.05) is 0 Å². The Labute approximate surface area is 287 Å². The lowest BCUT2D eigenvalue weighted by Gasteiger charge is -2.06. The molecule has 0 aliphatic heterocycles. The van der Waals surface area contributed by atoms with Crippen LogP contribution in [0.2, 0.25) is 0 Å². The molecule has 252 valence electrons. The van der Waals surface area contributed by atoms with E-state index >= 15 is 0 Å². The molecular weight excluding hydrogens is 640 g/mol. The predicted octanol–water partition coefficient (Wildman–Crippen LogP) is 8.28. The highest BCUT2D eigenvalue weighted by molar-refractivity contribution is 6.02. The zero-order valence-electron chi connectivity index (χ0n) is 26.3. The first kappa shape index (κ1) is 37.3. The van der Waals surface area contributed by atoms with Gasteiger partial charge in [-0.15, -0.1) is 0 Å². The van der Waals surface area contributed by atoms with Gasteiger partial charge in [0.1, 0.15) is 11.5 Å². The minimum Gasteiger partial charge on any atom is -0.508 e. The van der Waals surface area contributed by atoms with Crippen molar-refractivity contribution < 1.29 is 49.8 Å². The van der Waals surface area contributed by atoms with Crippen LogP contribution in [-0.4, -0.2) is 54.5 Å². The van der Waals surface area contributed by atoms with E-state index in [0.29, 0.717) is 16.9 Å². The lowest BCUT2D eigenvalue weighted by atomic mass is 9.99. The standard InChI is InChI=1S/C14H10O4.C13H10O2.C7H6O3.C6H6O/c15-13(16)11-7-6-10(8-12(11)14(17)18)9-4-2-1-3-5-9;14-13(15)12-9-5-4-8-11(12)10-6-2-1-3-7-10;8-6-3-1-5(2-4-6)7(9)10;7-6-4-2-1-3-5-6/h1-8H,(H,15,16)(H,17,18);1-9H,(H,14,15);1-4,8H,(H,9,10);1-5,7H. The van der Waals surface area contributed by atoms with E-state index in [2.05, 4.69) is 0 Å². The summed E-state index contributed by atoms with van der Waals surface area (Å²) in [5.74, 6) is -3.97. The largest absolute Gasteiger partial charge is 0.508 e. The molecule has 0 aromatic heterocycles. The monoisotopic (exact) mass is 672 g/mol. The highest BCUT2D eigenvalue weighted by atomic mass is 16.4. The molecule has 0 amide bonds. The predicted molar refractivity (Wildman–Crippen MR) is 188 cm³/mol. The number of aromatic hydroxyl groups is 2. The smallest absolute Gasteiger partial charge is 0.336 e. The fraction of sp³-hybridized carbons (Fsp3) is 0. The number of carboxylic acids is 4. The Morgan fingerprint density at radius 3 is 1.24 bits per heavy atom. The third-order valence-corrected chi connectivity index (χ3v) is 6.70. The third-order valence-electron chi connectivity index (χ3n) is 6.70. The molecule has 0 aliphatic rings. The van der Waals surface area contributed by atoms with Crippen LogP contribution in [0.1, 0.15) is 41.4 Å². The SMILES string of the molecule is O=C(O)c1ccc(-c2ccccc2)cc1C(=O)O.O=C(O)c1ccc(O)cc1.O=C(O)c1ccccc1-c1ccccc1.Oc1ccccc1. The summed E-state index contributed by atoms with van der Waals surface area (Å²) >= 11 is 0. The zero-order chi connectivity index (χ0) is 36.5. The molecule has 0 aliphatic carbocycles. The van der Waals surface area contributed by atoms with Crippen LogP contribution in [0.5, 0.6) is 11.5 Å². The number of aromatic carboxylic acids is 4. The molecule has 0 radical (unpaired) electrons. The molecule has 6 rings (SSSR count). The third kappa shape index (κ3) is 11.6. The Hall–Kier alpha value is -7.20. The Balaban J connectivity index is 0.000000190. The fourth-order valence-electron chi connectivity index (χ4n) is 4.29. The number of carbonyl (C=O) groups is 4. The van der Waals surface area contributed by atoms with Crippen LogP contribution in [-0.2, 0) is 0 Å². The molecule has 6 aromatic rings. The molecule has 0 bridgehead atoms. The Kier molecular flexibility index (Phi) is 14.0. The highest BCUT2D eigenvalue weighted by Gasteiger charge is 2.16. The van der Waals surface area contributed by atoms with Gasteiger partial charge in [-0.2, -0.15) is 0 Å². The van der Waals surface area contributed by atoms with Gasteiger partial charge in [-0.1, -0.05) is 103 Å². The first-order valence-corrected chi connectivity index (χ1v) is 14.8. The van der Waals surface area contributed by atoms with Crippen molar-refractivity contribution in [2.45, 2.75) is 0 Å². The highest BCUT2D eigenvalue weighted by Crippen LogP contribution is 2.24. The molecule has 6 aromatic carbocycles. The Morgan fingerprint density at radius 2 is 0.780 bits per heavy atom. The van der Waals surface area contributed by atoms with Crippen molar-refractivity contribution >= 4 is 23.9 Å². The molecular formula is C40H32O10. The quantitative estimate of drug-likeness (QED) is 0.100. The minimum absolute atomic E-state index is 0.0741. The minimum atomic E-state index is -1.25. The number of phenolic OH excluding ortho intramolecular Hbond substituents is 2. The lowest BCUT2D eigenvalue weighted by molar-refractivity contribution is 0.0651. The second kappa shape index (κ2) is 18.8. The first-order valence-electron chi connectivity index (χ1n) is 14.8. The molecule has 0 unspecified atom stereocenters. The molecule has 50 heavy (non-hydrogen) atoms.